The third-order valence-corrected chi connectivity index (χ3v) is 4.44. The Bertz CT molecular complexity index is 537. The first-order valence-electron chi connectivity index (χ1n) is 5.49. The van der Waals surface area contributed by atoms with Crippen LogP contribution in [0.1, 0.15) is 18.1 Å². The Morgan fingerprint density at radius 1 is 1.50 bits per heavy atom. The van der Waals surface area contributed by atoms with Crippen LogP contribution in [-0.4, -0.2) is 20.1 Å². The molecule has 0 aliphatic rings. The summed E-state index contributed by atoms with van der Waals surface area (Å²) in [5, 5.41) is 8.74. The van der Waals surface area contributed by atoms with E-state index in [1.165, 1.54) is 0 Å². The normalized spacial score (nSPS) is 12.9. The first kappa shape index (κ1) is 15.0. The van der Waals surface area contributed by atoms with E-state index in [4.69, 9.17) is 16.9 Å². The Kier molecular flexibility index (Phi) is 5.60. The highest BCUT2D eigenvalue weighted by atomic mass is 35.5. The summed E-state index contributed by atoms with van der Waals surface area (Å²) in [4.78, 5) is 0. The molecule has 0 amide bonds. The van der Waals surface area contributed by atoms with Crippen LogP contribution < -0.4 is 4.72 Å². The minimum absolute atomic E-state index is 0.00837. The molecule has 1 aromatic carbocycles. The van der Waals surface area contributed by atoms with Gasteiger partial charge in [-0.3, -0.25) is 0 Å². The van der Waals surface area contributed by atoms with Crippen LogP contribution in [0.15, 0.2) is 24.3 Å². The van der Waals surface area contributed by atoms with E-state index in [0.717, 1.165) is 5.56 Å². The van der Waals surface area contributed by atoms with E-state index in [-0.39, 0.29) is 18.2 Å². The molecule has 0 saturated heterocycles. The molecule has 1 atom stereocenters. The predicted molar refractivity (Wildman–Crippen MR) is 71.7 cm³/mol. The van der Waals surface area contributed by atoms with Crippen molar-refractivity contribution in [2.24, 2.45) is 5.92 Å². The van der Waals surface area contributed by atoms with Crippen LogP contribution in [-0.2, 0) is 16.6 Å². The van der Waals surface area contributed by atoms with Gasteiger partial charge in [0.25, 0.3) is 0 Å². The highest BCUT2D eigenvalue weighted by molar-refractivity contribution is 7.89. The van der Waals surface area contributed by atoms with Crippen molar-refractivity contribution in [2.75, 3.05) is 11.6 Å². The number of halogens is 1. The molecule has 1 N–H and O–H groups in total. The molecule has 0 saturated carbocycles. The molecule has 0 heterocycles. The van der Waals surface area contributed by atoms with Gasteiger partial charge in [0.1, 0.15) is 0 Å². The molecule has 0 aliphatic heterocycles. The number of alkyl halides is 1. The summed E-state index contributed by atoms with van der Waals surface area (Å²) in [6.45, 7) is 1.97. The smallest absolute Gasteiger partial charge is 0.212 e. The average molecular weight is 287 g/mol. The Labute approximate surface area is 113 Å². The quantitative estimate of drug-likeness (QED) is 0.812. The third kappa shape index (κ3) is 5.05. The number of nitrogens with zero attached hydrogens (tertiary/aromatic N) is 1. The molecular formula is C12H15ClN2O2S. The van der Waals surface area contributed by atoms with Gasteiger partial charge < -0.3 is 0 Å². The third-order valence-electron chi connectivity index (χ3n) is 2.32. The van der Waals surface area contributed by atoms with Crippen LogP contribution in [0.5, 0.6) is 0 Å². The summed E-state index contributed by atoms with van der Waals surface area (Å²) >= 11 is 5.59. The van der Waals surface area contributed by atoms with Crippen LogP contribution in [0, 0.1) is 17.2 Å². The maximum atomic E-state index is 11.7. The van der Waals surface area contributed by atoms with Crippen LogP contribution in [0.25, 0.3) is 0 Å². The van der Waals surface area contributed by atoms with Gasteiger partial charge in [-0.05, 0) is 23.6 Å². The number of hydrogen-bond donors (Lipinski definition) is 1. The molecule has 0 bridgehead atoms. The van der Waals surface area contributed by atoms with Crippen LogP contribution in [0.4, 0.5) is 0 Å². The number of sulfonamides is 1. The van der Waals surface area contributed by atoms with Gasteiger partial charge in [0.05, 0.1) is 17.4 Å². The van der Waals surface area contributed by atoms with E-state index in [9.17, 15) is 8.42 Å². The molecule has 0 radical (unpaired) electrons. The maximum absolute atomic E-state index is 11.7. The molecule has 98 valence electrons. The van der Waals surface area contributed by atoms with Gasteiger partial charge in [0.15, 0.2) is 0 Å². The molecule has 18 heavy (non-hydrogen) atoms. The van der Waals surface area contributed by atoms with Gasteiger partial charge in [-0.15, -0.1) is 11.6 Å². The van der Waals surface area contributed by atoms with Gasteiger partial charge in [-0.1, -0.05) is 19.1 Å². The summed E-state index contributed by atoms with van der Waals surface area (Å²) in [6.07, 6.45) is 0. The van der Waals surface area contributed by atoms with E-state index in [1.807, 2.05) is 6.07 Å². The molecule has 6 heteroatoms. The minimum atomic E-state index is -3.33. The molecule has 0 aromatic heterocycles. The summed E-state index contributed by atoms with van der Waals surface area (Å²) in [5.74, 6) is 0.230. The summed E-state index contributed by atoms with van der Waals surface area (Å²) in [7, 11) is -3.33. The van der Waals surface area contributed by atoms with Crippen LogP contribution in [0.3, 0.4) is 0 Å². The zero-order valence-electron chi connectivity index (χ0n) is 10.1. The lowest BCUT2D eigenvalue weighted by Gasteiger charge is -2.10. The fraction of sp³-hybridized carbons (Fsp3) is 0.417. The van der Waals surface area contributed by atoms with Crippen molar-refractivity contribution in [3.05, 3.63) is 35.4 Å². The first-order valence-corrected chi connectivity index (χ1v) is 7.68. The van der Waals surface area contributed by atoms with Gasteiger partial charge >= 0.3 is 0 Å². The van der Waals surface area contributed by atoms with E-state index in [2.05, 4.69) is 4.72 Å². The number of nitrogens with one attached hydrogen (secondary N) is 1. The van der Waals surface area contributed by atoms with E-state index >= 15 is 0 Å². The minimum Gasteiger partial charge on any atom is -0.212 e. The van der Waals surface area contributed by atoms with Gasteiger partial charge in [0.2, 0.25) is 10.0 Å². The second-order valence-corrected chi connectivity index (χ2v) is 6.33. The Morgan fingerprint density at radius 2 is 2.22 bits per heavy atom. The highest BCUT2D eigenvalue weighted by Gasteiger charge is 2.14. The number of nitriles is 1. The van der Waals surface area contributed by atoms with Crippen LogP contribution in [0.2, 0.25) is 0 Å². The van der Waals surface area contributed by atoms with Gasteiger partial charge in [-0.2, -0.15) is 5.26 Å². The molecule has 4 nitrogen and oxygen atoms in total. The van der Waals surface area contributed by atoms with E-state index in [0.29, 0.717) is 11.4 Å². The number of rotatable bonds is 6. The van der Waals surface area contributed by atoms with Crippen molar-refractivity contribution in [1.82, 2.24) is 4.72 Å². The molecule has 1 unspecified atom stereocenters. The van der Waals surface area contributed by atoms with Gasteiger partial charge in [0, 0.05) is 12.4 Å². The second kappa shape index (κ2) is 6.74. The van der Waals surface area contributed by atoms with E-state index in [1.54, 1.807) is 31.2 Å². The fourth-order valence-electron chi connectivity index (χ4n) is 1.42. The summed E-state index contributed by atoms with van der Waals surface area (Å²) in [5.41, 5.74) is 1.27. The van der Waals surface area contributed by atoms with Crippen molar-refractivity contribution >= 4 is 21.6 Å². The van der Waals surface area contributed by atoms with Crippen molar-refractivity contribution in [3.8, 4) is 6.07 Å². The lowest BCUT2D eigenvalue weighted by molar-refractivity contribution is 0.568. The standard InChI is InChI=1S/C12H15ClN2O2S/c1-10(6-13)9-18(16,17)15-8-12-4-2-3-11(5-12)7-14/h2-5,10,15H,6,8-9H2,1H3. The maximum Gasteiger partial charge on any atom is 0.212 e. The van der Waals surface area contributed by atoms with Crippen LogP contribution >= 0.6 is 11.6 Å². The first-order chi connectivity index (χ1) is 8.46. The molecule has 0 aliphatic carbocycles. The summed E-state index contributed by atoms with van der Waals surface area (Å²) < 4.78 is 25.9. The highest BCUT2D eigenvalue weighted by Crippen LogP contribution is 2.06. The van der Waals surface area contributed by atoms with Crippen molar-refractivity contribution in [1.29, 1.82) is 5.26 Å². The Balaban J connectivity index is 2.62. The Hall–Kier alpha value is -1.09. The van der Waals surface area contributed by atoms with E-state index < -0.39 is 10.0 Å². The van der Waals surface area contributed by atoms with Crippen molar-refractivity contribution in [2.45, 2.75) is 13.5 Å². The lowest BCUT2D eigenvalue weighted by atomic mass is 10.1. The molecule has 0 spiro atoms. The molecule has 1 aromatic rings. The molecular weight excluding hydrogens is 272 g/mol. The SMILES string of the molecule is CC(CCl)CS(=O)(=O)NCc1cccc(C#N)c1. The monoisotopic (exact) mass is 286 g/mol. The van der Waals surface area contributed by atoms with Crippen molar-refractivity contribution in [3.63, 3.8) is 0 Å². The lowest BCUT2D eigenvalue weighted by Crippen LogP contribution is -2.29. The zero-order chi connectivity index (χ0) is 13.6. The molecule has 0 fully saturated rings. The number of benzene rings is 1. The fourth-order valence-corrected chi connectivity index (χ4v) is 3.03. The molecule has 1 rings (SSSR count). The van der Waals surface area contributed by atoms with Gasteiger partial charge in [-0.25, -0.2) is 13.1 Å². The number of hydrogen-bond acceptors (Lipinski definition) is 3. The van der Waals surface area contributed by atoms with Crippen molar-refractivity contribution < 1.29 is 8.42 Å². The second-order valence-electron chi connectivity index (χ2n) is 4.17. The Morgan fingerprint density at radius 3 is 2.83 bits per heavy atom. The largest absolute Gasteiger partial charge is 0.212 e. The topological polar surface area (TPSA) is 70.0 Å². The summed E-state index contributed by atoms with van der Waals surface area (Å²) in [6, 6.07) is 8.84. The zero-order valence-corrected chi connectivity index (χ0v) is 11.6. The predicted octanol–water partition coefficient (Wildman–Crippen LogP) is 1.85. The average Bonchev–Trinajstić information content (AvgIpc) is 2.36.